The minimum atomic E-state index is -0.372. The zero-order valence-corrected chi connectivity index (χ0v) is 16.2. The second-order valence-electron chi connectivity index (χ2n) is 6.31. The predicted molar refractivity (Wildman–Crippen MR) is 101 cm³/mol. The van der Waals surface area contributed by atoms with E-state index in [0.29, 0.717) is 22.3 Å². The molecule has 5 nitrogen and oxygen atoms in total. The van der Waals surface area contributed by atoms with E-state index in [9.17, 15) is 9.18 Å². The van der Waals surface area contributed by atoms with E-state index < -0.39 is 0 Å². The SMILES string of the molecule is CN(CCN1CCCC1)C(=O)c1cccnc1Oc1ccc(F)cc1Br. The van der Waals surface area contributed by atoms with Gasteiger partial charge in [0.2, 0.25) is 5.88 Å². The highest BCUT2D eigenvalue weighted by Crippen LogP contribution is 2.31. The highest BCUT2D eigenvalue weighted by Gasteiger charge is 2.20. The molecule has 26 heavy (non-hydrogen) atoms. The summed E-state index contributed by atoms with van der Waals surface area (Å²) in [6.07, 6.45) is 4.02. The van der Waals surface area contributed by atoms with E-state index in [2.05, 4.69) is 25.8 Å². The number of pyridine rings is 1. The van der Waals surface area contributed by atoms with Gasteiger partial charge in [0.15, 0.2) is 0 Å². The zero-order chi connectivity index (χ0) is 18.5. The lowest BCUT2D eigenvalue weighted by Gasteiger charge is -2.22. The first kappa shape index (κ1) is 18.8. The van der Waals surface area contributed by atoms with Gasteiger partial charge in [-0.05, 0) is 72.2 Å². The van der Waals surface area contributed by atoms with Gasteiger partial charge in [-0.2, -0.15) is 0 Å². The Labute approximate surface area is 160 Å². The minimum Gasteiger partial charge on any atom is -0.437 e. The van der Waals surface area contributed by atoms with Crippen LogP contribution in [0.3, 0.4) is 0 Å². The molecule has 2 heterocycles. The first-order chi connectivity index (χ1) is 12.5. The third kappa shape index (κ3) is 4.59. The number of halogens is 2. The van der Waals surface area contributed by atoms with E-state index in [0.717, 1.165) is 19.6 Å². The van der Waals surface area contributed by atoms with Crippen LogP contribution in [0.2, 0.25) is 0 Å². The third-order valence-electron chi connectivity index (χ3n) is 4.40. The molecule has 0 atom stereocenters. The lowest BCUT2D eigenvalue weighted by atomic mass is 10.2. The number of carbonyl (C=O) groups is 1. The van der Waals surface area contributed by atoms with Gasteiger partial charge < -0.3 is 14.5 Å². The van der Waals surface area contributed by atoms with Crippen molar-refractivity contribution in [2.75, 3.05) is 33.2 Å². The Morgan fingerprint density at radius 3 is 2.85 bits per heavy atom. The van der Waals surface area contributed by atoms with E-state index in [1.165, 1.54) is 31.0 Å². The number of carbonyl (C=O) groups excluding carboxylic acids is 1. The summed E-state index contributed by atoms with van der Waals surface area (Å²) in [5.74, 6) is 0.0884. The fraction of sp³-hybridized carbons (Fsp3) is 0.368. The number of hydrogen-bond acceptors (Lipinski definition) is 4. The molecule has 138 valence electrons. The molecule has 0 N–H and O–H groups in total. The Morgan fingerprint density at radius 1 is 1.35 bits per heavy atom. The summed E-state index contributed by atoms with van der Waals surface area (Å²) in [7, 11) is 1.78. The molecule has 0 radical (unpaired) electrons. The summed E-state index contributed by atoms with van der Waals surface area (Å²) in [6, 6.07) is 7.50. The Balaban J connectivity index is 1.72. The third-order valence-corrected chi connectivity index (χ3v) is 5.02. The zero-order valence-electron chi connectivity index (χ0n) is 14.6. The number of rotatable bonds is 6. The molecule has 1 aromatic heterocycles. The Bertz CT molecular complexity index is 781. The van der Waals surface area contributed by atoms with Crippen LogP contribution in [0.15, 0.2) is 41.0 Å². The molecule has 0 saturated carbocycles. The van der Waals surface area contributed by atoms with Gasteiger partial charge >= 0.3 is 0 Å². The second-order valence-corrected chi connectivity index (χ2v) is 7.16. The van der Waals surface area contributed by atoms with Crippen molar-refractivity contribution in [2.24, 2.45) is 0 Å². The molecule has 1 aliphatic rings. The maximum atomic E-state index is 13.2. The molecule has 1 amide bonds. The van der Waals surface area contributed by atoms with E-state index in [-0.39, 0.29) is 17.6 Å². The van der Waals surface area contributed by atoms with Gasteiger partial charge in [-0.3, -0.25) is 4.79 Å². The summed E-state index contributed by atoms with van der Waals surface area (Å²) in [4.78, 5) is 21.0. The van der Waals surface area contributed by atoms with Gasteiger partial charge in [-0.1, -0.05) is 0 Å². The summed E-state index contributed by atoms with van der Waals surface area (Å²) < 4.78 is 19.5. The molecule has 1 saturated heterocycles. The van der Waals surface area contributed by atoms with Crippen LogP contribution in [0.25, 0.3) is 0 Å². The molecule has 0 aliphatic carbocycles. The number of likely N-dealkylation sites (tertiary alicyclic amines) is 1. The topological polar surface area (TPSA) is 45.7 Å². The summed E-state index contributed by atoms with van der Waals surface area (Å²) in [6.45, 7) is 3.71. The maximum absolute atomic E-state index is 13.2. The Hall–Kier alpha value is -1.99. The lowest BCUT2D eigenvalue weighted by molar-refractivity contribution is 0.0779. The van der Waals surface area contributed by atoms with Gasteiger partial charge in [-0.25, -0.2) is 9.37 Å². The fourth-order valence-electron chi connectivity index (χ4n) is 2.90. The van der Waals surface area contributed by atoms with Crippen molar-refractivity contribution < 1.29 is 13.9 Å². The van der Waals surface area contributed by atoms with Gasteiger partial charge in [-0.15, -0.1) is 0 Å². The quantitative estimate of drug-likeness (QED) is 0.708. The number of amides is 1. The summed E-state index contributed by atoms with van der Waals surface area (Å²) in [5, 5.41) is 0. The molecule has 3 rings (SSSR count). The largest absolute Gasteiger partial charge is 0.437 e. The molecule has 7 heteroatoms. The van der Waals surface area contributed by atoms with Crippen LogP contribution in [0.5, 0.6) is 11.6 Å². The lowest BCUT2D eigenvalue weighted by Crippen LogP contribution is -2.35. The number of ether oxygens (including phenoxy) is 1. The van der Waals surface area contributed by atoms with E-state index in [1.54, 1.807) is 30.3 Å². The monoisotopic (exact) mass is 421 g/mol. The molecular formula is C19H21BrFN3O2. The second kappa shape index (κ2) is 8.60. The highest BCUT2D eigenvalue weighted by atomic mass is 79.9. The number of hydrogen-bond donors (Lipinski definition) is 0. The van der Waals surface area contributed by atoms with Crippen molar-refractivity contribution in [3.05, 3.63) is 52.4 Å². The highest BCUT2D eigenvalue weighted by molar-refractivity contribution is 9.10. The van der Waals surface area contributed by atoms with Gasteiger partial charge in [0.25, 0.3) is 5.91 Å². The van der Waals surface area contributed by atoms with Crippen molar-refractivity contribution in [2.45, 2.75) is 12.8 Å². The van der Waals surface area contributed by atoms with Gasteiger partial charge in [0.1, 0.15) is 17.1 Å². The Kier molecular flexibility index (Phi) is 6.21. The van der Waals surface area contributed by atoms with E-state index >= 15 is 0 Å². The van der Waals surface area contributed by atoms with Crippen LogP contribution in [0.4, 0.5) is 4.39 Å². The predicted octanol–water partition coefficient (Wildman–Crippen LogP) is 3.94. The summed E-state index contributed by atoms with van der Waals surface area (Å²) >= 11 is 3.26. The van der Waals surface area contributed by atoms with Crippen molar-refractivity contribution in [1.82, 2.24) is 14.8 Å². The van der Waals surface area contributed by atoms with Gasteiger partial charge in [0.05, 0.1) is 4.47 Å². The van der Waals surface area contributed by atoms with Crippen LogP contribution in [-0.2, 0) is 0 Å². The molecule has 0 bridgehead atoms. The average molecular weight is 422 g/mol. The van der Waals surface area contributed by atoms with Crippen molar-refractivity contribution in [3.63, 3.8) is 0 Å². The van der Waals surface area contributed by atoms with Gasteiger partial charge in [0, 0.05) is 26.3 Å². The number of likely N-dealkylation sites (N-methyl/N-ethyl adjacent to an activating group) is 1. The summed E-state index contributed by atoms with van der Waals surface area (Å²) in [5.41, 5.74) is 0.382. The van der Waals surface area contributed by atoms with Crippen LogP contribution < -0.4 is 4.74 Å². The number of aromatic nitrogens is 1. The van der Waals surface area contributed by atoms with Crippen molar-refractivity contribution in [3.8, 4) is 11.6 Å². The van der Waals surface area contributed by atoms with Crippen LogP contribution in [0.1, 0.15) is 23.2 Å². The fourth-order valence-corrected chi connectivity index (χ4v) is 3.33. The smallest absolute Gasteiger partial charge is 0.259 e. The molecule has 1 aliphatic heterocycles. The van der Waals surface area contributed by atoms with Crippen molar-refractivity contribution in [1.29, 1.82) is 0 Å². The minimum absolute atomic E-state index is 0.148. The number of benzene rings is 1. The molecule has 1 fully saturated rings. The Morgan fingerprint density at radius 2 is 2.12 bits per heavy atom. The normalized spacial score (nSPS) is 14.4. The maximum Gasteiger partial charge on any atom is 0.259 e. The van der Waals surface area contributed by atoms with Crippen LogP contribution in [0, 0.1) is 5.82 Å². The van der Waals surface area contributed by atoms with E-state index in [1.807, 2.05) is 0 Å². The standard InChI is InChI=1S/C19H21BrFN3O2/c1-23(11-12-24-9-2-3-10-24)19(25)15-5-4-8-22-18(15)26-17-7-6-14(21)13-16(17)20/h4-8,13H,2-3,9-12H2,1H3. The molecule has 0 spiro atoms. The first-order valence-corrected chi connectivity index (χ1v) is 9.39. The first-order valence-electron chi connectivity index (χ1n) is 8.60. The molecule has 2 aromatic rings. The molecule has 0 unspecified atom stereocenters. The van der Waals surface area contributed by atoms with E-state index in [4.69, 9.17) is 4.74 Å². The van der Waals surface area contributed by atoms with Crippen molar-refractivity contribution >= 4 is 21.8 Å². The van der Waals surface area contributed by atoms with Crippen LogP contribution >= 0.6 is 15.9 Å². The number of nitrogens with zero attached hydrogens (tertiary/aromatic N) is 3. The molecular weight excluding hydrogens is 401 g/mol. The molecule has 1 aromatic carbocycles. The average Bonchev–Trinajstić information content (AvgIpc) is 3.15. The van der Waals surface area contributed by atoms with Crippen LogP contribution in [-0.4, -0.2) is 53.9 Å².